The van der Waals surface area contributed by atoms with Crippen molar-refractivity contribution in [2.75, 3.05) is 18.5 Å². The minimum atomic E-state index is -0.339. The van der Waals surface area contributed by atoms with Crippen LogP contribution >= 0.6 is 0 Å². The van der Waals surface area contributed by atoms with Crippen LogP contribution in [0, 0.1) is 0 Å². The molecule has 2 aromatic heterocycles. The Hall–Kier alpha value is -1.55. The van der Waals surface area contributed by atoms with E-state index < -0.39 is 0 Å². The van der Waals surface area contributed by atoms with Crippen molar-refractivity contribution in [3.63, 3.8) is 0 Å². The molecule has 4 nitrogen and oxygen atoms in total. The van der Waals surface area contributed by atoms with Gasteiger partial charge in [-0.05, 0) is 19.1 Å². The largest absolute Gasteiger partial charge is 0.392 e. The van der Waals surface area contributed by atoms with E-state index in [1.807, 2.05) is 40.7 Å². The smallest absolute Gasteiger partial charge is 0.138 e. The van der Waals surface area contributed by atoms with E-state index in [2.05, 4.69) is 4.98 Å². The summed E-state index contributed by atoms with van der Waals surface area (Å²) in [6, 6.07) is 5.94. The summed E-state index contributed by atoms with van der Waals surface area (Å²) >= 11 is 0. The maximum Gasteiger partial charge on any atom is 0.138 e. The predicted octanol–water partition coefficient (Wildman–Crippen LogP) is 1.15. The second-order valence-electron chi connectivity index (χ2n) is 3.77. The zero-order valence-electron chi connectivity index (χ0n) is 8.96. The highest BCUT2D eigenvalue weighted by molar-refractivity contribution is 5.51. The highest BCUT2D eigenvalue weighted by Crippen LogP contribution is 2.14. The SMILES string of the molecule is CC(O)CN(C)c1cccc2nccn12. The van der Waals surface area contributed by atoms with Crippen molar-refractivity contribution in [1.82, 2.24) is 9.38 Å². The Labute approximate surface area is 88.8 Å². The molecule has 0 aromatic carbocycles. The van der Waals surface area contributed by atoms with Crippen molar-refractivity contribution in [2.45, 2.75) is 13.0 Å². The van der Waals surface area contributed by atoms with Gasteiger partial charge in [-0.3, -0.25) is 4.40 Å². The number of pyridine rings is 1. The molecular formula is C11H15N3O. The highest BCUT2D eigenvalue weighted by Gasteiger charge is 2.07. The summed E-state index contributed by atoms with van der Waals surface area (Å²) in [4.78, 5) is 6.23. The number of aliphatic hydroxyl groups is 1. The molecule has 0 radical (unpaired) electrons. The average Bonchev–Trinajstić information content (AvgIpc) is 2.63. The average molecular weight is 205 g/mol. The topological polar surface area (TPSA) is 40.8 Å². The third kappa shape index (κ3) is 1.94. The first-order chi connectivity index (χ1) is 7.18. The molecule has 0 saturated heterocycles. The lowest BCUT2D eigenvalue weighted by molar-refractivity contribution is 0.201. The monoisotopic (exact) mass is 205 g/mol. The minimum Gasteiger partial charge on any atom is -0.392 e. The fraction of sp³-hybridized carbons (Fsp3) is 0.364. The van der Waals surface area contributed by atoms with Gasteiger partial charge < -0.3 is 10.0 Å². The molecule has 80 valence electrons. The van der Waals surface area contributed by atoms with E-state index in [0.29, 0.717) is 6.54 Å². The van der Waals surface area contributed by atoms with E-state index in [9.17, 15) is 5.11 Å². The number of anilines is 1. The van der Waals surface area contributed by atoms with Crippen LogP contribution in [0.3, 0.4) is 0 Å². The summed E-state index contributed by atoms with van der Waals surface area (Å²) in [5, 5.41) is 9.34. The zero-order chi connectivity index (χ0) is 10.8. The molecule has 1 atom stereocenters. The third-order valence-electron chi connectivity index (χ3n) is 2.34. The van der Waals surface area contributed by atoms with Crippen molar-refractivity contribution >= 4 is 11.5 Å². The van der Waals surface area contributed by atoms with Gasteiger partial charge in [-0.25, -0.2) is 4.98 Å². The first-order valence-corrected chi connectivity index (χ1v) is 5.00. The Morgan fingerprint density at radius 3 is 3.07 bits per heavy atom. The van der Waals surface area contributed by atoms with Gasteiger partial charge in [0.15, 0.2) is 0 Å². The van der Waals surface area contributed by atoms with Gasteiger partial charge in [0.1, 0.15) is 11.5 Å². The molecule has 2 rings (SSSR count). The molecule has 2 aromatic rings. The van der Waals surface area contributed by atoms with Gasteiger partial charge >= 0.3 is 0 Å². The number of hydrogen-bond donors (Lipinski definition) is 1. The molecule has 1 N–H and O–H groups in total. The number of rotatable bonds is 3. The van der Waals surface area contributed by atoms with Gasteiger partial charge in [-0.1, -0.05) is 6.07 Å². The van der Waals surface area contributed by atoms with Crippen LogP contribution in [0.1, 0.15) is 6.92 Å². The fourth-order valence-corrected chi connectivity index (χ4v) is 1.73. The van der Waals surface area contributed by atoms with Gasteiger partial charge in [-0.2, -0.15) is 0 Å². The molecule has 4 heteroatoms. The van der Waals surface area contributed by atoms with Gasteiger partial charge in [0.05, 0.1) is 6.10 Å². The van der Waals surface area contributed by atoms with E-state index >= 15 is 0 Å². The quantitative estimate of drug-likeness (QED) is 0.817. The second kappa shape index (κ2) is 3.90. The van der Waals surface area contributed by atoms with Crippen LogP contribution in [0.4, 0.5) is 5.82 Å². The molecule has 0 saturated carbocycles. The van der Waals surface area contributed by atoms with Crippen LogP contribution in [-0.4, -0.2) is 34.2 Å². The Balaban J connectivity index is 2.38. The van der Waals surface area contributed by atoms with Crippen molar-refractivity contribution in [3.05, 3.63) is 30.6 Å². The van der Waals surface area contributed by atoms with Gasteiger partial charge in [-0.15, -0.1) is 0 Å². The van der Waals surface area contributed by atoms with Crippen molar-refractivity contribution < 1.29 is 5.11 Å². The Bertz CT molecular complexity index is 450. The lowest BCUT2D eigenvalue weighted by Crippen LogP contribution is -2.28. The molecular weight excluding hydrogens is 190 g/mol. The van der Waals surface area contributed by atoms with E-state index in [-0.39, 0.29) is 6.10 Å². The van der Waals surface area contributed by atoms with Crippen molar-refractivity contribution in [2.24, 2.45) is 0 Å². The summed E-state index contributed by atoms with van der Waals surface area (Å²) in [6.45, 7) is 2.39. The second-order valence-corrected chi connectivity index (χ2v) is 3.77. The molecule has 0 amide bonds. The molecule has 0 bridgehead atoms. The first kappa shape index (κ1) is 9.98. The summed E-state index contributed by atoms with van der Waals surface area (Å²) < 4.78 is 2.00. The lowest BCUT2D eigenvalue weighted by Gasteiger charge is -2.21. The number of imidazole rings is 1. The Kier molecular flexibility index (Phi) is 2.60. The van der Waals surface area contributed by atoms with Gasteiger partial charge in [0, 0.05) is 26.0 Å². The van der Waals surface area contributed by atoms with Crippen LogP contribution in [-0.2, 0) is 0 Å². The number of hydrogen-bond acceptors (Lipinski definition) is 3. The fourth-order valence-electron chi connectivity index (χ4n) is 1.73. The molecule has 2 heterocycles. The van der Waals surface area contributed by atoms with Crippen LogP contribution in [0.15, 0.2) is 30.6 Å². The molecule has 0 aliphatic rings. The normalized spacial score (nSPS) is 13.0. The molecule has 15 heavy (non-hydrogen) atoms. The highest BCUT2D eigenvalue weighted by atomic mass is 16.3. The molecule has 0 aliphatic carbocycles. The summed E-state index contributed by atoms with van der Waals surface area (Å²) in [5.41, 5.74) is 0.921. The van der Waals surface area contributed by atoms with Gasteiger partial charge in [0.2, 0.25) is 0 Å². The number of nitrogens with zero attached hydrogens (tertiary/aromatic N) is 3. The number of likely N-dealkylation sites (N-methyl/N-ethyl adjacent to an activating group) is 1. The summed E-state index contributed by atoms with van der Waals surface area (Å²) in [5.74, 6) is 1.03. The maximum atomic E-state index is 9.34. The summed E-state index contributed by atoms with van der Waals surface area (Å²) in [7, 11) is 1.96. The number of aromatic nitrogens is 2. The molecule has 1 unspecified atom stereocenters. The first-order valence-electron chi connectivity index (χ1n) is 5.00. The zero-order valence-corrected chi connectivity index (χ0v) is 8.96. The van der Waals surface area contributed by atoms with E-state index in [1.165, 1.54) is 0 Å². The van der Waals surface area contributed by atoms with Crippen molar-refractivity contribution in [1.29, 1.82) is 0 Å². The van der Waals surface area contributed by atoms with E-state index in [0.717, 1.165) is 11.5 Å². The Morgan fingerprint density at radius 2 is 2.33 bits per heavy atom. The minimum absolute atomic E-state index is 0.339. The van der Waals surface area contributed by atoms with Crippen molar-refractivity contribution in [3.8, 4) is 0 Å². The van der Waals surface area contributed by atoms with Crippen LogP contribution < -0.4 is 4.90 Å². The number of aliphatic hydroxyl groups excluding tert-OH is 1. The predicted molar refractivity (Wildman–Crippen MR) is 60.1 cm³/mol. The summed E-state index contributed by atoms with van der Waals surface area (Å²) in [6.07, 6.45) is 3.35. The van der Waals surface area contributed by atoms with E-state index in [1.54, 1.807) is 13.1 Å². The van der Waals surface area contributed by atoms with Crippen LogP contribution in [0.2, 0.25) is 0 Å². The number of fused-ring (bicyclic) bond motifs is 1. The lowest BCUT2D eigenvalue weighted by atomic mass is 10.3. The van der Waals surface area contributed by atoms with E-state index in [4.69, 9.17) is 0 Å². The standard InChI is InChI=1S/C11H15N3O/c1-9(15)8-13(2)11-5-3-4-10-12-6-7-14(10)11/h3-7,9,15H,8H2,1-2H3. The Morgan fingerprint density at radius 1 is 1.53 bits per heavy atom. The molecule has 0 fully saturated rings. The molecule has 0 aliphatic heterocycles. The van der Waals surface area contributed by atoms with Gasteiger partial charge in [0.25, 0.3) is 0 Å². The van der Waals surface area contributed by atoms with Crippen LogP contribution in [0.5, 0.6) is 0 Å². The maximum absolute atomic E-state index is 9.34. The van der Waals surface area contributed by atoms with Crippen LogP contribution in [0.25, 0.3) is 5.65 Å². The third-order valence-corrected chi connectivity index (χ3v) is 2.34. The molecule has 0 spiro atoms.